The fraction of sp³-hybridized carbons (Fsp3) is 0.238. The molecule has 0 fully saturated rings. The van der Waals surface area contributed by atoms with Gasteiger partial charge >= 0.3 is 0 Å². The van der Waals surface area contributed by atoms with Gasteiger partial charge in [0.1, 0.15) is 11.6 Å². The third kappa shape index (κ3) is 4.11. The third-order valence-electron chi connectivity index (χ3n) is 4.11. The maximum atomic E-state index is 5.45. The molecular formula is C21H22N4O2. The van der Waals surface area contributed by atoms with Crippen LogP contribution in [0.3, 0.4) is 0 Å². The zero-order chi connectivity index (χ0) is 18.6. The molecule has 6 heteroatoms. The Morgan fingerprint density at radius 2 is 1.70 bits per heavy atom. The molecule has 0 spiro atoms. The van der Waals surface area contributed by atoms with Crippen molar-refractivity contribution in [3.05, 3.63) is 60.2 Å². The molecule has 3 aromatic rings. The molecular weight excluding hydrogens is 340 g/mol. The summed E-state index contributed by atoms with van der Waals surface area (Å²) in [6.45, 7) is 5.08. The topological polar surface area (TPSA) is 68.3 Å². The van der Waals surface area contributed by atoms with Crippen molar-refractivity contribution in [2.75, 3.05) is 17.4 Å². The molecule has 0 amide bonds. The van der Waals surface area contributed by atoms with E-state index in [1.54, 1.807) is 0 Å². The number of nitrogens with zero attached hydrogens (tertiary/aromatic N) is 2. The highest BCUT2D eigenvalue weighted by atomic mass is 16.7. The standard InChI is InChI=1S/C21H22N4O2/c1-14(2)23-20-11-19(24-21(25-20)16-6-4-3-5-7-16)22-12-15-8-9-17-18(10-15)27-13-26-17/h3-11,14H,12-13H2,1-2H3,(H2,22,23,24,25). The molecule has 27 heavy (non-hydrogen) atoms. The Balaban J connectivity index is 1.57. The molecule has 6 nitrogen and oxygen atoms in total. The molecule has 1 aliphatic rings. The molecule has 0 atom stereocenters. The van der Waals surface area contributed by atoms with E-state index in [1.807, 2.05) is 54.6 Å². The zero-order valence-electron chi connectivity index (χ0n) is 15.4. The third-order valence-corrected chi connectivity index (χ3v) is 4.11. The predicted molar refractivity (Wildman–Crippen MR) is 106 cm³/mol. The van der Waals surface area contributed by atoms with Gasteiger partial charge in [-0.05, 0) is 31.5 Å². The van der Waals surface area contributed by atoms with E-state index < -0.39 is 0 Å². The highest BCUT2D eigenvalue weighted by Gasteiger charge is 2.13. The molecule has 4 rings (SSSR count). The quantitative estimate of drug-likeness (QED) is 0.681. The summed E-state index contributed by atoms with van der Waals surface area (Å²) in [5.74, 6) is 3.82. The first-order valence-corrected chi connectivity index (χ1v) is 9.01. The summed E-state index contributed by atoms with van der Waals surface area (Å²) >= 11 is 0. The summed E-state index contributed by atoms with van der Waals surface area (Å²) in [6, 6.07) is 18.1. The molecule has 0 saturated heterocycles. The summed E-state index contributed by atoms with van der Waals surface area (Å²) in [4.78, 5) is 9.33. The van der Waals surface area contributed by atoms with Gasteiger partial charge in [0.15, 0.2) is 17.3 Å². The second-order valence-corrected chi connectivity index (χ2v) is 6.67. The highest BCUT2D eigenvalue weighted by molar-refractivity contribution is 5.61. The van der Waals surface area contributed by atoms with Crippen LogP contribution in [-0.2, 0) is 6.54 Å². The van der Waals surface area contributed by atoms with Crippen molar-refractivity contribution in [1.29, 1.82) is 0 Å². The first-order valence-electron chi connectivity index (χ1n) is 9.01. The minimum absolute atomic E-state index is 0.281. The number of hydrogen-bond acceptors (Lipinski definition) is 6. The highest BCUT2D eigenvalue weighted by Crippen LogP contribution is 2.32. The first kappa shape index (κ1) is 17.1. The summed E-state index contributed by atoms with van der Waals surface area (Å²) in [7, 11) is 0. The van der Waals surface area contributed by atoms with Crippen molar-refractivity contribution in [1.82, 2.24) is 9.97 Å². The molecule has 0 bridgehead atoms. The van der Waals surface area contributed by atoms with E-state index in [0.29, 0.717) is 12.4 Å². The van der Waals surface area contributed by atoms with Gasteiger partial charge in [0.25, 0.3) is 0 Å². The Morgan fingerprint density at radius 3 is 2.52 bits per heavy atom. The maximum absolute atomic E-state index is 5.45. The van der Waals surface area contributed by atoms with Crippen molar-refractivity contribution >= 4 is 11.6 Å². The number of benzene rings is 2. The molecule has 0 unspecified atom stereocenters. The van der Waals surface area contributed by atoms with Gasteiger partial charge in [-0.3, -0.25) is 0 Å². The Hall–Kier alpha value is -3.28. The minimum atomic E-state index is 0.281. The number of fused-ring (bicyclic) bond motifs is 1. The van der Waals surface area contributed by atoms with Crippen LogP contribution >= 0.6 is 0 Å². The molecule has 1 aromatic heterocycles. The molecule has 0 aliphatic carbocycles. The lowest BCUT2D eigenvalue weighted by Crippen LogP contribution is -2.13. The van der Waals surface area contributed by atoms with E-state index in [9.17, 15) is 0 Å². The molecule has 0 saturated carbocycles. The number of hydrogen-bond donors (Lipinski definition) is 2. The predicted octanol–water partition coefficient (Wildman–Crippen LogP) is 4.30. The second kappa shape index (κ2) is 7.53. The Labute approximate surface area is 158 Å². The Bertz CT molecular complexity index is 929. The van der Waals surface area contributed by atoms with Gasteiger partial charge in [-0.15, -0.1) is 0 Å². The summed E-state index contributed by atoms with van der Waals surface area (Å²) in [5, 5.41) is 6.75. The lowest BCUT2D eigenvalue weighted by Gasteiger charge is -2.13. The number of rotatable bonds is 6. The van der Waals surface area contributed by atoms with Gasteiger partial charge in [-0.25, -0.2) is 9.97 Å². The average molecular weight is 362 g/mol. The minimum Gasteiger partial charge on any atom is -0.454 e. The van der Waals surface area contributed by atoms with E-state index in [2.05, 4.69) is 34.4 Å². The van der Waals surface area contributed by atoms with Crippen molar-refractivity contribution in [2.24, 2.45) is 0 Å². The molecule has 138 valence electrons. The lowest BCUT2D eigenvalue weighted by atomic mass is 10.2. The van der Waals surface area contributed by atoms with Gasteiger partial charge in [0, 0.05) is 24.2 Å². The van der Waals surface area contributed by atoms with Crippen LogP contribution in [0.5, 0.6) is 11.5 Å². The average Bonchev–Trinajstić information content (AvgIpc) is 3.14. The molecule has 2 aromatic carbocycles. The zero-order valence-corrected chi connectivity index (χ0v) is 15.4. The van der Waals surface area contributed by atoms with Crippen molar-refractivity contribution in [2.45, 2.75) is 26.4 Å². The normalized spacial score (nSPS) is 12.3. The maximum Gasteiger partial charge on any atom is 0.231 e. The Morgan fingerprint density at radius 1 is 0.926 bits per heavy atom. The van der Waals surface area contributed by atoms with Gasteiger partial charge in [-0.2, -0.15) is 0 Å². The Kier molecular flexibility index (Phi) is 4.78. The summed E-state index contributed by atoms with van der Waals surface area (Å²) in [6.07, 6.45) is 0. The van der Waals surface area contributed by atoms with Gasteiger partial charge < -0.3 is 20.1 Å². The number of nitrogens with one attached hydrogen (secondary N) is 2. The molecule has 2 heterocycles. The monoisotopic (exact) mass is 362 g/mol. The molecule has 2 N–H and O–H groups in total. The van der Waals surface area contributed by atoms with Crippen LogP contribution in [0.15, 0.2) is 54.6 Å². The van der Waals surface area contributed by atoms with E-state index in [0.717, 1.165) is 34.3 Å². The van der Waals surface area contributed by atoms with E-state index in [1.165, 1.54) is 0 Å². The van der Waals surface area contributed by atoms with Gasteiger partial charge in [-0.1, -0.05) is 36.4 Å². The summed E-state index contributed by atoms with van der Waals surface area (Å²) < 4.78 is 10.8. The van der Waals surface area contributed by atoms with Gasteiger partial charge in [0.2, 0.25) is 6.79 Å². The van der Waals surface area contributed by atoms with Crippen LogP contribution in [0, 0.1) is 0 Å². The number of ether oxygens (including phenoxy) is 2. The van der Waals surface area contributed by atoms with Crippen molar-refractivity contribution < 1.29 is 9.47 Å². The van der Waals surface area contributed by atoms with Crippen molar-refractivity contribution in [3.63, 3.8) is 0 Å². The van der Waals surface area contributed by atoms with Crippen LogP contribution in [0.1, 0.15) is 19.4 Å². The van der Waals surface area contributed by atoms with Crippen LogP contribution in [0.2, 0.25) is 0 Å². The molecule has 0 radical (unpaired) electrons. The molecule has 1 aliphatic heterocycles. The van der Waals surface area contributed by atoms with E-state index in [-0.39, 0.29) is 12.8 Å². The SMILES string of the molecule is CC(C)Nc1cc(NCc2ccc3c(c2)OCO3)nc(-c2ccccc2)n1. The van der Waals surface area contributed by atoms with Gasteiger partial charge in [0.05, 0.1) is 0 Å². The van der Waals surface area contributed by atoms with Crippen LogP contribution in [-0.4, -0.2) is 22.8 Å². The number of aromatic nitrogens is 2. The number of anilines is 2. The second-order valence-electron chi connectivity index (χ2n) is 6.67. The van der Waals surface area contributed by atoms with Crippen LogP contribution in [0.25, 0.3) is 11.4 Å². The van der Waals surface area contributed by atoms with E-state index in [4.69, 9.17) is 9.47 Å². The van der Waals surface area contributed by atoms with Crippen LogP contribution in [0.4, 0.5) is 11.6 Å². The lowest BCUT2D eigenvalue weighted by molar-refractivity contribution is 0.174. The largest absolute Gasteiger partial charge is 0.454 e. The van der Waals surface area contributed by atoms with E-state index >= 15 is 0 Å². The smallest absolute Gasteiger partial charge is 0.231 e. The van der Waals surface area contributed by atoms with Crippen LogP contribution < -0.4 is 20.1 Å². The fourth-order valence-electron chi connectivity index (χ4n) is 2.87. The van der Waals surface area contributed by atoms with Crippen molar-refractivity contribution in [3.8, 4) is 22.9 Å². The fourth-order valence-corrected chi connectivity index (χ4v) is 2.87. The first-order chi connectivity index (χ1) is 13.2. The summed E-state index contributed by atoms with van der Waals surface area (Å²) in [5.41, 5.74) is 2.08.